The van der Waals surface area contributed by atoms with Gasteiger partial charge in [-0.1, -0.05) is 160 Å². The average Bonchev–Trinajstić information content (AvgIpc) is 1.73. The van der Waals surface area contributed by atoms with Gasteiger partial charge >= 0.3 is 0 Å². The number of aryl methyl sites for hydroxylation is 6. The monoisotopic (exact) mass is 1260 g/mol. The van der Waals surface area contributed by atoms with Gasteiger partial charge in [-0.2, -0.15) is 4.98 Å². The lowest BCUT2D eigenvalue weighted by Crippen LogP contribution is -2.04. The summed E-state index contributed by atoms with van der Waals surface area (Å²) < 4.78 is 34.5. The summed E-state index contributed by atoms with van der Waals surface area (Å²) in [7, 11) is 3.65. The maximum Gasteiger partial charge on any atom is 0.254 e. The highest BCUT2D eigenvalue weighted by Crippen LogP contribution is 2.26. The number of hydrogen-bond acceptors (Lipinski definition) is 15. The van der Waals surface area contributed by atoms with E-state index in [-0.39, 0.29) is 7.43 Å². The van der Waals surface area contributed by atoms with Gasteiger partial charge in [0.1, 0.15) is 27.3 Å². The van der Waals surface area contributed by atoms with Gasteiger partial charge in [0.05, 0.1) is 25.6 Å². The van der Waals surface area contributed by atoms with Crippen LogP contribution in [0.5, 0.6) is 11.8 Å². The van der Waals surface area contributed by atoms with Crippen LogP contribution in [-0.2, 0) is 32.7 Å². The van der Waals surface area contributed by atoms with E-state index >= 15 is 0 Å². The molecule has 0 amide bonds. The zero-order chi connectivity index (χ0) is 66.3. The zero-order valence-electron chi connectivity index (χ0n) is 58.4. The third-order valence-electron chi connectivity index (χ3n) is 12.6. The lowest BCUT2D eigenvalue weighted by Gasteiger charge is -2.08. The number of aromatic nitrogens is 9. The van der Waals surface area contributed by atoms with Crippen molar-refractivity contribution in [2.75, 3.05) is 13.7 Å². The molecule has 496 valence electrons. The van der Waals surface area contributed by atoms with Crippen molar-refractivity contribution in [3.05, 3.63) is 165 Å². The molecule has 16 nitrogen and oxygen atoms in total. The summed E-state index contributed by atoms with van der Waals surface area (Å²) in [6, 6.07) is 18.8. The number of fused-ring (bicyclic) bond motifs is 2. The smallest absolute Gasteiger partial charge is 0.254 e. The first-order valence-corrected chi connectivity index (χ1v) is 32.4. The molecule has 10 rings (SSSR count). The Kier molecular flexibility index (Phi) is 35.9. The first-order chi connectivity index (χ1) is 42.0. The van der Waals surface area contributed by atoms with Crippen molar-refractivity contribution in [2.45, 2.75) is 204 Å². The molecule has 0 saturated heterocycles. The largest absolute Gasteiger partial charge is 0.479 e. The third kappa shape index (κ3) is 31.9. The highest BCUT2D eigenvalue weighted by Gasteiger charge is 2.10. The first kappa shape index (κ1) is 78.7. The Morgan fingerprint density at radius 2 is 1.30 bits per heavy atom. The lowest BCUT2D eigenvalue weighted by atomic mass is 9.99. The van der Waals surface area contributed by atoms with Gasteiger partial charge < -0.3 is 36.4 Å². The number of rotatable bonds is 16. The summed E-state index contributed by atoms with van der Waals surface area (Å²) >= 11 is 1.69. The molecule has 1 aliphatic heterocycles. The predicted molar refractivity (Wildman–Crippen MR) is 373 cm³/mol. The van der Waals surface area contributed by atoms with E-state index in [1.165, 1.54) is 38.8 Å². The Labute approximate surface area is 544 Å². The van der Waals surface area contributed by atoms with Crippen LogP contribution in [0, 0.1) is 70.1 Å². The molecule has 8 aromatic heterocycles. The van der Waals surface area contributed by atoms with Gasteiger partial charge in [-0.3, -0.25) is 4.99 Å². The molecule has 0 N–H and O–H groups in total. The molecule has 1 aliphatic rings. The molecular weight excluding hydrogens is 1140 g/mol. The van der Waals surface area contributed by atoms with E-state index < -0.39 is 0 Å². The minimum atomic E-state index is 0. The predicted octanol–water partition coefficient (Wildman–Crippen LogP) is 20.0. The summed E-state index contributed by atoms with van der Waals surface area (Å²) in [5.74, 6) is 10.9. The molecule has 0 unspecified atom stereocenters. The molecule has 90 heavy (non-hydrogen) atoms. The van der Waals surface area contributed by atoms with Crippen LogP contribution < -0.4 is 9.47 Å². The number of aliphatic imine (C=N–C) groups is 1. The number of ether oxygens (including phenoxy) is 2. The van der Waals surface area contributed by atoms with Gasteiger partial charge in [0.25, 0.3) is 11.8 Å². The van der Waals surface area contributed by atoms with Gasteiger partial charge in [0.15, 0.2) is 11.7 Å². The van der Waals surface area contributed by atoms with Gasteiger partial charge in [0, 0.05) is 106 Å². The molecule has 0 atom stereocenters. The molecule has 0 spiro atoms. The quantitative estimate of drug-likeness (QED) is 0.0891. The van der Waals surface area contributed by atoms with Crippen molar-refractivity contribution in [3.8, 4) is 11.8 Å². The summed E-state index contributed by atoms with van der Waals surface area (Å²) in [4.78, 5) is 12.4. The van der Waals surface area contributed by atoms with E-state index in [9.17, 15) is 0 Å². The van der Waals surface area contributed by atoms with Crippen LogP contribution in [0.2, 0.25) is 0 Å². The van der Waals surface area contributed by atoms with Gasteiger partial charge in [-0.25, -0.2) is 4.98 Å². The van der Waals surface area contributed by atoms with E-state index in [4.69, 9.17) is 27.5 Å². The molecule has 9 heterocycles. The van der Waals surface area contributed by atoms with Crippen LogP contribution in [0.3, 0.4) is 0 Å². The van der Waals surface area contributed by atoms with Crippen molar-refractivity contribution in [3.63, 3.8) is 0 Å². The van der Waals surface area contributed by atoms with Gasteiger partial charge in [-0.05, 0) is 126 Å². The molecule has 0 aliphatic carbocycles. The fourth-order valence-electron chi connectivity index (χ4n) is 8.57. The van der Waals surface area contributed by atoms with Crippen LogP contribution >= 0.6 is 11.3 Å². The SMILES string of the molecule is C.CC(C)c1cccc2cn(C)cc12.CC1=NC(/C=C/C(C)C)=CC1.COc1cc(CC(C)C)on1.Cc1cc(OCC(C)C)no1.Cc1cc2cccc(C(C)C)n2c1.Cc1nc(CC(C)C)no1.Cc1ncc(CC(C)C)o1.Cc1nnc(CC(C)C)s1. The fraction of sp³-hybridized carbons (Fsp3) is 0.534. The minimum Gasteiger partial charge on any atom is -0.479 e. The second-order valence-corrected chi connectivity index (χ2v) is 26.9. The normalized spacial score (nSPS) is 11.6. The molecule has 0 saturated carbocycles. The molecular formula is C73H112N10O6S. The molecule has 1 aromatic carbocycles. The highest BCUT2D eigenvalue weighted by atomic mass is 32.1. The van der Waals surface area contributed by atoms with Crippen molar-refractivity contribution in [1.82, 2.24) is 44.6 Å². The Morgan fingerprint density at radius 1 is 0.644 bits per heavy atom. The van der Waals surface area contributed by atoms with Crippen LogP contribution in [0.1, 0.15) is 205 Å². The number of hydrogen-bond donors (Lipinski definition) is 0. The van der Waals surface area contributed by atoms with E-state index in [1.807, 2.05) is 26.8 Å². The van der Waals surface area contributed by atoms with E-state index in [0.29, 0.717) is 71.6 Å². The van der Waals surface area contributed by atoms with Crippen molar-refractivity contribution < 1.29 is 27.5 Å². The number of nitrogens with zero attached hydrogens (tertiary/aromatic N) is 10. The molecule has 17 heteroatoms. The highest BCUT2D eigenvalue weighted by molar-refractivity contribution is 7.11. The molecule has 0 bridgehead atoms. The van der Waals surface area contributed by atoms with Crippen LogP contribution in [0.4, 0.5) is 0 Å². The van der Waals surface area contributed by atoms with E-state index in [0.717, 1.165) is 76.8 Å². The third-order valence-corrected chi connectivity index (χ3v) is 13.4. The first-order valence-electron chi connectivity index (χ1n) is 31.6. The second-order valence-electron chi connectivity index (χ2n) is 25.6. The standard InChI is InChI=1S/2C12H15N.C10H15N.2C8H13NO2.C8H13NO.C7H12N2O.C7H12N2S.CH4/c1-9(2)11-6-4-5-10-7-13(3)8-12(10)11;1-9(2)12-6-4-5-11-7-10(3)8-13(11)12;1-8(2)4-6-10-7-5-9(3)11-10;1-6(2)5-10-8-4-7(3)11-9-8;1-6(2)4-7-5-8(10-3)9-11-7;1-6(2)4-8-5-9-7(3)10-8;1-5(2)4-7-8-6(3)10-9-7;1-5(2)4-7-9-8-6(3)10-7;/h2*4-9H,1-3H3;4,6-8H,5H2,1-3H3;4,6H,5H2,1-3H3;5-6H,4H2,1-3H3;5-6H,4H2,1-3H3;2*5H,4H2,1-3H3;1H4/b;;6-4+;;;;;;. The average molecular weight is 1260 g/mol. The summed E-state index contributed by atoms with van der Waals surface area (Å²) in [5.41, 5.74) is 7.78. The number of oxazole rings is 1. The van der Waals surface area contributed by atoms with E-state index in [1.54, 1.807) is 37.6 Å². The summed E-state index contributed by atoms with van der Waals surface area (Å²) in [6.07, 6.45) is 19.7. The maximum absolute atomic E-state index is 5.28. The molecule has 9 aromatic rings. The number of pyridine rings is 1. The number of allylic oxidation sites excluding steroid dienone is 3. The topological polar surface area (TPSA) is 183 Å². The van der Waals surface area contributed by atoms with Gasteiger partial charge in [-0.15, -0.1) is 21.5 Å². The number of benzene rings is 1. The Balaban J connectivity index is 0.000000351. The van der Waals surface area contributed by atoms with Crippen LogP contribution in [0.25, 0.3) is 16.3 Å². The lowest BCUT2D eigenvalue weighted by molar-refractivity contribution is 0.243. The maximum atomic E-state index is 5.28. The molecule has 0 radical (unpaired) electrons. The Hall–Kier alpha value is -7.40. The number of methoxy groups -OCH3 is 1. The molecule has 0 fully saturated rings. The van der Waals surface area contributed by atoms with Crippen molar-refractivity contribution >= 4 is 33.3 Å². The second kappa shape index (κ2) is 41.1. The summed E-state index contributed by atoms with van der Waals surface area (Å²) in [5, 5.41) is 24.1. The van der Waals surface area contributed by atoms with Crippen LogP contribution in [0.15, 0.2) is 126 Å². The minimum absolute atomic E-state index is 0. The van der Waals surface area contributed by atoms with Crippen molar-refractivity contribution in [1.29, 1.82) is 0 Å². The summed E-state index contributed by atoms with van der Waals surface area (Å²) in [6.45, 7) is 47.1. The van der Waals surface area contributed by atoms with Gasteiger partial charge in [0.2, 0.25) is 5.89 Å². The van der Waals surface area contributed by atoms with Crippen molar-refractivity contribution in [2.24, 2.45) is 47.5 Å². The van der Waals surface area contributed by atoms with E-state index in [2.05, 4.69) is 261 Å². The Morgan fingerprint density at radius 3 is 1.80 bits per heavy atom. The Bertz CT molecular complexity index is 3270. The van der Waals surface area contributed by atoms with Crippen LogP contribution in [-0.4, -0.2) is 64.0 Å². The fourth-order valence-corrected chi connectivity index (χ4v) is 9.49. The zero-order valence-corrected chi connectivity index (χ0v) is 59.2.